The molecule has 3 nitrogen and oxygen atoms in total. The second kappa shape index (κ2) is 4.00. The lowest BCUT2D eigenvalue weighted by atomic mass is 10.2. The van der Waals surface area contributed by atoms with Gasteiger partial charge < -0.3 is 4.57 Å². The van der Waals surface area contributed by atoms with Crippen molar-refractivity contribution in [1.29, 1.82) is 0 Å². The van der Waals surface area contributed by atoms with Gasteiger partial charge in [-0.3, -0.25) is 0 Å². The minimum absolute atomic E-state index is 0.120. The molecule has 0 radical (unpaired) electrons. The van der Waals surface area contributed by atoms with Gasteiger partial charge in [0.25, 0.3) is 0 Å². The molecule has 2 rings (SSSR count). The minimum Gasteiger partial charge on any atom is -0.311 e. The third-order valence-electron chi connectivity index (χ3n) is 2.30. The highest BCUT2D eigenvalue weighted by Gasteiger charge is 2.14. The summed E-state index contributed by atoms with van der Waals surface area (Å²) in [6, 6.07) is 3.54. The molecule has 0 amide bonds. The van der Waals surface area contributed by atoms with Gasteiger partial charge in [-0.15, -0.1) is 10.2 Å². The largest absolute Gasteiger partial charge is 0.311 e. The number of benzene rings is 1. The van der Waals surface area contributed by atoms with Gasteiger partial charge in [-0.05, 0) is 26.0 Å². The zero-order valence-electron chi connectivity index (χ0n) is 8.98. The molecule has 0 bridgehead atoms. The van der Waals surface area contributed by atoms with Crippen molar-refractivity contribution in [1.82, 2.24) is 14.8 Å². The second-order valence-electron chi connectivity index (χ2n) is 3.78. The Morgan fingerprint density at radius 3 is 2.62 bits per heavy atom. The van der Waals surface area contributed by atoms with Crippen molar-refractivity contribution >= 4 is 0 Å². The summed E-state index contributed by atoms with van der Waals surface area (Å²) in [4.78, 5) is 0. The molecule has 0 N–H and O–H groups in total. The predicted molar refractivity (Wildman–Crippen MR) is 55.8 cm³/mol. The molecule has 84 valence electrons. The van der Waals surface area contributed by atoms with Gasteiger partial charge in [-0.1, -0.05) is 0 Å². The highest BCUT2D eigenvalue weighted by molar-refractivity contribution is 5.55. The second-order valence-corrected chi connectivity index (χ2v) is 3.78. The number of hydrogen-bond acceptors (Lipinski definition) is 2. The molecule has 0 saturated carbocycles. The van der Waals surface area contributed by atoms with E-state index >= 15 is 0 Å². The normalized spacial score (nSPS) is 11.1. The van der Waals surface area contributed by atoms with Crippen LogP contribution in [0.15, 0.2) is 24.5 Å². The molecule has 0 aliphatic carbocycles. The highest BCUT2D eigenvalue weighted by atomic mass is 19.1. The van der Waals surface area contributed by atoms with Crippen molar-refractivity contribution in [2.75, 3.05) is 0 Å². The fourth-order valence-corrected chi connectivity index (χ4v) is 1.48. The van der Waals surface area contributed by atoms with Gasteiger partial charge in [0.1, 0.15) is 18.0 Å². The van der Waals surface area contributed by atoms with E-state index in [9.17, 15) is 8.78 Å². The number of nitrogens with zero attached hydrogens (tertiary/aromatic N) is 3. The van der Waals surface area contributed by atoms with E-state index in [2.05, 4.69) is 10.2 Å². The van der Waals surface area contributed by atoms with Crippen molar-refractivity contribution in [2.24, 2.45) is 0 Å². The molecule has 2 aromatic rings. The van der Waals surface area contributed by atoms with E-state index in [0.29, 0.717) is 5.82 Å². The Kier molecular flexibility index (Phi) is 2.68. The van der Waals surface area contributed by atoms with Crippen molar-refractivity contribution in [3.63, 3.8) is 0 Å². The van der Waals surface area contributed by atoms with Crippen molar-refractivity contribution in [3.05, 3.63) is 36.2 Å². The fraction of sp³-hybridized carbons (Fsp3) is 0.273. The standard InChI is InChI=1S/C11H11F2N3/c1-7(2)16-6-14-15-11(16)9-4-3-8(12)5-10(9)13/h3-7H,1-2H3. The molecular weight excluding hydrogens is 212 g/mol. The summed E-state index contributed by atoms with van der Waals surface area (Å²) in [5.41, 5.74) is 0.257. The zero-order valence-corrected chi connectivity index (χ0v) is 8.98. The lowest BCUT2D eigenvalue weighted by Gasteiger charge is -2.10. The molecule has 0 spiro atoms. The van der Waals surface area contributed by atoms with Crippen molar-refractivity contribution in [2.45, 2.75) is 19.9 Å². The van der Waals surface area contributed by atoms with E-state index in [0.717, 1.165) is 6.07 Å². The molecule has 1 aromatic carbocycles. The lowest BCUT2D eigenvalue weighted by molar-refractivity contribution is 0.576. The lowest BCUT2D eigenvalue weighted by Crippen LogP contribution is -2.03. The summed E-state index contributed by atoms with van der Waals surface area (Å²) in [5, 5.41) is 7.58. The topological polar surface area (TPSA) is 30.7 Å². The van der Waals surface area contributed by atoms with Crippen LogP contribution in [0.5, 0.6) is 0 Å². The Labute approximate surface area is 91.7 Å². The van der Waals surface area contributed by atoms with Gasteiger partial charge in [0.2, 0.25) is 0 Å². The van der Waals surface area contributed by atoms with Crippen molar-refractivity contribution < 1.29 is 8.78 Å². The Bertz CT molecular complexity index is 506. The average molecular weight is 223 g/mol. The molecule has 0 aliphatic rings. The molecule has 0 atom stereocenters. The van der Waals surface area contributed by atoms with Crippen molar-refractivity contribution in [3.8, 4) is 11.4 Å². The van der Waals surface area contributed by atoms with E-state index in [-0.39, 0.29) is 11.6 Å². The maximum absolute atomic E-state index is 13.5. The maximum atomic E-state index is 13.5. The molecule has 0 aliphatic heterocycles. The van der Waals surface area contributed by atoms with Gasteiger partial charge in [0, 0.05) is 12.1 Å². The first kappa shape index (κ1) is 10.7. The van der Waals surface area contributed by atoms with Gasteiger partial charge in [-0.25, -0.2) is 8.78 Å². The first-order valence-corrected chi connectivity index (χ1v) is 4.94. The maximum Gasteiger partial charge on any atom is 0.166 e. The van der Waals surface area contributed by atoms with Crippen LogP contribution in [0.1, 0.15) is 19.9 Å². The smallest absolute Gasteiger partial charge is 0.166 e. The first-order valence-electron chi connectivity index (χ1n) is 4.94. The molecule has 0 fully saturated rings. The Balaban J connectivity index is 2.54. The molecule has 0 saturated heterocycles. The van der Waals surface area contributed by atoms with Crippen LogP contribution in [-0.4, -0.2) is 14.8 Å². The van der Waals surface area contributed by atoms with Gasteiger partial charge in [0.05, 0.1) is 5.56 Å². The zero-order chi connectivity index (χ0) is 11.7. The van der Waals surface area contributed by atoms with Crippen LogP contribution in [0.2, 0.25) is 0 Å². The number of halogens is 2. The number of hydrogen-bond donors (Lipinski definition) is 0. The molecule has 1 aromatic heterocycles. The van der Waals surface area contributed by atoms with E-state index in [1.54, 1.807) is 4.57 Å². The quantitative estimate of drug-likeness (QED) is 0.783. The number of rotatable bonds is 2. The average Bonchev–Trinajstić information content (AvgIpc) is 2.66. The summed E-state index contributed by atoms with van der Waals surface area (Å²) in [7, 11) is 0. The van der Waals surface area contributed by atoms with Crippen LogP contribution < -0.4 is 0 Å². The minimum atomic E-state index is -0.630. The Morgan fingerprint density at radius 2 is 2.00 bits per heavy atom. The highest BCUT2D eigenvalue weighted by Crippen LogP contribution is 2.23. The van der Waals surface area contributed by atoms with Gasteiger partial charge >= 0.3 is 0 Å². The monoisotopic (exact) mass is 223 g/mol. The SMILES string of the molecule is CC(C)n1cnnc1-c1ccc(F)cc1F. The predicted octanol–water partition coefficient (Wildman–Crippen LogP) is 2.80. The number of aromatic nitrogens is 3. The van der Waals surface area contributed by atoms with Gasteiger partial charge in [-0.2, -0.15) is 0 Å². The van der Waals surface area contributed by atoms with Crippen LogP contribution in [0.4, 0.5) is 8.78 Å². The van der Waals surface area contributed by atoms with E-state index in [1.807, 2.05) is 13.8 Å². The third-order valence-corrected chi connectivity index (χ3v) is 2.30. The van der Waals surface area contributed by atoms with Crippen LogP contribution in [0.25, 0.3) is 11.4 Å². The summed E-state index contributed by atoms with van der Waals surface area (Å²) in [6.45, 7) is 3.88. The van der Waals surface area contributed by atoms with Gasteiger partial charge in [0.15, 0.2) is 5.82 Å². The van der Waals surface area contributed by atoms with E-state index in [4.69, 9.17) is 0 Å². The molecular formula is C11H11F2N3. The van der Waals surface area contributed by atoms with E-state index in [1.165, 1.54) is 18.5 Å². The summed E-state index contributed by atoms with van der Waals surface area (Å²) in [6.07, 6.45) is 1.53. The molecule has 16 heavy (non-hydrogen) atoms. The molecule has 5 heteroatoms. The Hall–Kier alpha value is -1.78. The Morgan fingerprint density at radius 1 is 1.25 bits per heavy atom. The summed E-state index contributed by atoms with van der Waals surface area (Å²) >= 11 is 0. The molecule has 0 unspecified atom stereocenters. The van der Waals surface area contributed by atoms with Crippen LogP contribution in [-0.2, 0) is 0 Å². The summed E-state index contributed by atoms with van der Waals surface area (Å²) in [5.74, 6) is -0.820. The fourth-order valence-electron chi connectivity index (χ4n) is 1.48. The van der Waals surface area contributed by atoms with Crippen LogP contribution >= 0.6 is 0 Å². The third kappa shape index (κ3) is 1.80. The van der Waals surface area contributed by atoms with Crippen LogP contribution in [0, 0.1) is 11.6 Å². The summed E-state index contributed by atoms with van der Waals surface area (Å²) < 4.78 is 28.0. The first-order chi connectivity index (χ1) is 7.59. The van der Waals surface area contributed by atoms with Crippen LogP contribution in [0.3, 0.4) is 0 Å². The molecule has 1 heterocycles. The van der Waals surface area contributed by atoms with E-state index < -0.39 is 11.6 Å².